The molecule has 0 unspecified atom stereocenters. The lowest BCUT2D eigenvalue weighted by Crippen LogP contribution is -2.00. The molecule has 1 aromatic heterocycles. The van der Waals surface area contributed by atoms with E-state index in [-0.39, 0.29) is 0 Å². The van der Waals surface area contributed by atoms with Crippen LogP contribution in [0.4, 0.5) is 0 Å². The average Bonchev–Trinajstić information content (AvgIpc) is 2.99. The zero-order chi connectivity index (χ0) is 16.8. The van der Waals surface area contributed by atoms with Crippen LogP contribution in [-0.2, 0) is 0 Å². The second-order valence-electron chi connectivity index (χ2n) is 5.22. The summed E-state index contributed by atoms with van der Waals surface area (Å²) in [4.78, 5) is 7.86. The molecule has 0 aliphatic rings. The summed E-state index contributed by atoms with van der Waals surface area (Å²) in [5, 5.41) is 0.912. The van der Waals surface area contributed by atoms with E-state index in [9.17, 15) is 0 Å². The highest BCUT2D eigenvalue weighted by Crippen LogP contribution is 2.23. The number of nitrogens with one attached hydrogen (secondary N) is 1. The molecule has 0 spiro atoms. The Morgan fingerprint density at radius 2 is 1.75 bits per heavy atom. The van der Waals surface area contributed by atoms with Crippen molar-refractivity contribution in [1.29, 1.82) is 0 Å². The zero-order valence-corrected chi connectivity index (χ0v) is 15.8. The van der Waals surface area contributed by atoms with E-state index < -0.39 is 0 Å². The minimum absolute atomic E-state index is 0.626. The number of hydrogen-bond donors (Lipinski definition) is 1. The van der Waals surface area contributed by atoms with Crippen molar-refractivity contribution in [3.05, 3.63) is 46.9 Å². The Morgan fingerprint density at radius 1 is 1.04 bits per heavy atom. The van der Waals surface area contributed by atoms with Crippen LogP contribution in [0.5, 0.6) is 11.5 Å². The first-order valence-electron chi connectivity index (χ1n) is 7.88. The van der Waals surface area contributed by atoms with Crippen molar-refractivity contribution in [2.24, 2.45) is 0 Å². The number of H-pyrrole nitrogens is 1. The van der Waals surface area contributed by atoms with E-state index in [1.807, 2.05) is 42.5 Å². The lowest BCUT2D eigenvalue weighted by molar-refractivity contribution is 0.314. The zero-order valence-electron chi connectivity index (χ0n) is 13.4. The number of imidazole rings is 1. The number of halogens is 1. The summed E-state index contributed by atoms with van der Waals surface area (Å²) >= 11 is 5.12. The molecule has 1 heterocycles. The third-order valence-corrected chi connectivity index (χ3v) is 4.64. The molecule has 0 saturated heterocycles. The van der Waals surface area contributed by atoms with Crippen molar-refractivity contribution in [3.8, 4) is 11.5 Å². The number of benzene rings is 2. The molecule has 3 aromatic rings. The van der Waals surface area contributed by atoms with Crippen molar-refractivity contribution in [1.82, 2.24) is 9.97 Å². The molecule has 6 heteroatoms. The molecule has 1 N–H and O–H groups in total. The minimum atomic E-state index is 0.626. The Balaban J connectivity index is 1.45. The van der Waals surface area contributed by atoms with Gasteiger partial charge in [-0.2, -0.15) is 0 Å². The fraction of sp³-hybridized carbons (Fsp3) is 0.278. The molecule has 2 aromatic carbocycles. The number of fused-ring (bicyclic) bond motifs is 1. The highest BCUT2D eigenvalue weighted by molar-refractivity contribution is 9.10. The number of aromatic amines is 1. The molecule has 0 aliphatic heterocycles. The van der Waals surface area contributed by atoms with E-state index in [0.29, 0.717) is 6.61 Å². The van der Waals surface area contributed by atoms with Crippen LogP contribution in [0.25, 0.3) is 11.0 Å². The minimum Gasteiger partial charge on any atom is -0.494 e. The van der Waals surface area contributed by atoms with E-state index in [4.69, 9.17) is 9.47 Å². The van der Waals surface area contributed by atoms with Crippen molar-refractivity contribution < 1.29 is 9.47 Å². The Labute approximate surface area is 154 Å². The lowest BCUT2D eigenvalue weighted by Gasteiger charge is -2.07. The smallest absolute Gasteiger partial charge is 0.166 e. The number of hydrogen-bond acceptors (Lipinski definition) is 4. The molecule has 0 bridgehead atoms. The maximum atomic E-state index is 5.75. The Bertz CT molecular complexity index is 789. The second kappa shape index (κ2) is 8.44. The van der Waals surface area contributed by atoms with Crippen LogP contribution in [0, 0.1) is 0 Å². The van der Waals surface area contributed by atoms with Crippen molar-refractivity contribution >= 4 is 38.7 Å². The SMILES string of the molecule is CCCOc1ccc(OCCSc2nc3ccc(Br)cc3[nH]2)cc1. The van der Waals surface area contributed by atoms with Crippen LogP contribution in [-0.4, -0.2) is 28.9 Å². The first-order valence-corrected chi connectivity index (χ1v) is 9.66. The standard InChI is InChI=1S/C18H19BrN2O2S/c1-2-9-22-14-4-6-15(7-5-14)23-10-11-24-18-20-16-8-3-13(19)12-17(16)21-18/h3-8,12H,2,9-11H2,1H3,(H,20,21). The third-order valence-electron chi connectivity index (χ3n) is 3.31. The number of aromatic nitrogens is 2. The fourth-order valence-electron chi connectivity index (χ4n) is 2.18. The summed E-state index contributed by atoms with van der Waals surface area (Å²) in [5.74, 6) is 2.56. The van der Waals surface area contributed by atoms with Gasteiger partial charge in [-0.15, -0.1) is 0 Å². The van der Waals surface area contributed by atoms with Gasteiger partial charge >= 0.3 is 0 Å². The van der Waals surface area contributed by atoms with Crippen LogP contribution in [0.3, 0.4) is 0 Å². The van der Waals surface area contributed by atoms with Gasteiger partial charge in [0.15, 0.2) is 5.16 Å². The fourth-order valence-corrected chi connectivity index (χ4v) is 3.24. The van der Waals surface area contributed by atoms with Crippen LogP contribution < -0.4 is 9.47 Å². The Kier molecular flexibility index (Phi) is 6.04. The van der Waals surface area contributed by atoms with Crippen molar-refractivity contribution in [2.75, 3.05) is 19.0 Å². The number of thioether (sulfide) groups is 1. The van der Waals surface area contributed by atoms with Gasteiger partial charge in [-0.05, 0) is 48.9 Å². The molecule has 24 heavy (non-hydrogen) atoms. The highest BCUT2D eigenvalue weighted by atomic mass is 79.9. The van der Waals surface area contributed by atoms with E-state index in [0.717, 1.165) is 50.9 Å². The highest BCUT2D eigenvalue weighted by Gasteiger charge is 2.04. The summed E-state index contributed by atoms with van der Waals surface area (Å²) in [6.07, 6.45) is 1.01. The predicted octanol–water partition coefficient (Wildman–Crippen LogP) is 5.29. The molecule has 0 aliphatic carbocycles. The molecule has 0 amide bonds. The van der Waals surface area contributed by atoms with Gasteiger partial charge in [0, 0.05) is 10.2 Å². The predicted molar refractivity (Wildman–Crippen MR) is 102 cm³/mol. The largest absolute Gasteiger partial charge is 0.494 e. The molecule has 0 atom stereocenters. The summed E-state index contributed by atoms with van der Waals surface area (Å²) in [6, 6.07) is 13.8. The van der Waals surface area contributed by atoms with E-state index in [1.165, 1.54) is 0 Å². The number of rotatable bonds is 8. The van der Waals surface area contributed by atoms with Crippen LogP contribution in [0.1, 0.15) is 13.3 Å². The topological polar surface area (TPSA) is 47.1 Å². The Morgan fingerprint density at radius 3 is 2.46 bits per heavy atom. The van der Waals surface area contributed by atoms with E-state index in [1.54, 1.807) is 11.8 Å². The number of ether oxygens (including phenoxy) is 2. The van der Waals surface area contributed by atoms with Gasteiger partial charge in [0.1, 0.15) is 11.5 Å². The normalized spacial score (nSPS) is 10.9. The van der Waals surface area contributed by atoms with Crippen LogP contribution >= 0.6 is 27.7 Å². The average molecular weight is 407 g/mol. The summed E-state index contributed by atoms with van der Waals surface area (Å²) in [7, 11) is 0. The van der Waals surface area contributed by atoms with Gasteiger partial charge in [-0.3, -0.25) is 0 Å². The second-order valence-corrected chi connectivity index (χ2v) is 7.22. The molecule has 0 radical (unpaired) electrons. The van der Waals surface area contributed by atoms with Gasteiger partial charge in [-0.25, -0.2) is 4.98 Å². The quantitative estimate of drug-likeness (QED) is 0.407. The molecule has 0 saturated carbocycles. The van der Waals surface area contributed by atoms with Crippen LogP contribution in [0.2, 0.25) is 0 Å². The molecule has 0 fully saturated rings. The summed E-state index contributed by atoms with van der Waals surface area (Å²) < 4.78 is 12.4. The van der Waals surface area contributed by atoms with E-state index >= 15 is 0 Å². The monoisotopic (exact) mass is 406 g/mol. The van der Waals surface area contributed by atoms with Crippen molar-refractivity contribution in [2.45, 2.75) is 18.5 Å². The van der Waals surface area contributed by atoms with Gasteiger partial charge in [0.25, 0.3) is 0 Å². The molecular formula is C18H19BrN2O2S. The molecule has 3 rings (SSSR count). The van der Waals surface area contributed by atoms with Gasteiger partial charge in [0.2, 0.25) is 0 Å². The molecular weight excluding hydrogens is 388 g/mol. The van der Waals surface area contributed by atoms with Gasteiger partial charge < -0.3 is 14.5 Å². The first-order chi connectivity index (χ1) is 11.7. The van der Waals surface area contributed by atoms with Gasteiger partial charge in [-0.1, -0.05) is 34.6 Å². The lowest BCUT2D eigenvalue weighted by atomic mass is 10.3. The Hall–Kier alpha value is -1.66. The maximum absolute atomic E-state index is 5.75. The summed E-state index contributed by atoms with van der Waals surface area (Å²) in [6.45, 7) is 3.46. The molecule has 4 nitrogen and oxygen atoms in total. The van der Waals surface area contributed by atoms with Crippen LogP contribution in [0.15, 0.2) is 52.1 Å². The number of nitrogens with zero attached hydrogens (tertiary/aromatic N) is 1. The first kappa shape index (κ1) is 17.2. The maximum Gasteiger partial charge on any atom is 0.166 e. The van der Waals surface area contributed by atoms with Gasteiger partial charge in [0.05, 0.1) is 24.2 Å². The third kappa shape index (κ3) is 4.68. The van der Waals surface area contributed by atoms with Crippen molar-refractivity contribution in [3.63, 3.8) is 0 Å². The molecule has 126 valence electrons. The summed E-state index contributed by atoms with van der Waals surface area (Å²) in [5.41, 5.74) is 2.01. The van der Waals surface area contributed by atoms with E-state index in [2.05, 4.69) is 32.8 Å².